The summed E-state index contributed by atoms with van der Waals surface area (Å²) in [5.41, 5.74) is 6.14. The SMILES string of the molecule is CC(NCCCC(N)=O)c1ccoc1. The maximum atomic E-state index is 10.5. The van der Waals surface area contributed by atoms with E-state index in [0.29, 0.717) is 6.42 Å². The first-order valence-electron chi connectivity index (χ1n) is 4.74. The summed E-state index contributed by atoms with van der Waals surface area (Å²) in [4.78, 5) is 10.5. The first-order chi connectivity index (χ1) is 6.70. The van der Waals surface area contributed by atoms with Crippen molar-refractivity contribution in [1.29, 1.82) is 0 Å². The predicted octanol–water partition coefficient (Wildman–Crippen LogP) is 1.20. The predicted molar refractivity (Wildman–Crippen MR) is 53.6 cm³/mol. The number of carbonyl (C=O) groups excluding carboxylic acids is 1. The third-order valence-electron chi connectivity index (χ3n) is 2.09. The highest BCUT2D eigenvalue weighted by Gasteiger charge is 2.04. The third-order valence-corrected chi connectivity index (χ3v) is 2.09. The van der Waals surface area contributed by atoms with Gasteiger partial charge in [0.1, 0.15) is 0 Å². The van der Waals surface area contributed by atoms with Crippen LogP contribution in [0.15, 0.2) is 23.0 Å². The lowest BCUT2D eigenvalue weighted by atomic mass is 10.2. The Balaban J connectivity index is 2.16. The highest BCUT2D eigenvalue weighted by Crippen LogP contribution is 2.11. The summed E-state index contributed by atoms with van der Waals surface area (Å²) in [7, 11) is 0. The Morgan fingerprint density at radius 2 is 2.50 bits per heavy atom. The minimum atomic E-state index is -0.247. The highest BCUT2D eigenvalue weighted by molar-refractivity contribution is 5.73. The molecule has 4 nitrogen and oxygen atoms in total. The van der Waals surface area contributed by atoms with Crippen LogP contribution in [0.3, 0.4) is 0 Å². The maximum absolute atomic E-state index is 10.5. The first-order valence-corrected chi connectivity index (χ1v) is 4.74. The molecule has 0 saturated heterocycles. The van der Waals surface area contributed by atoms with E-state index in [9.17, 15) is 4.79 Å². The van der Waals surface area contributed by atoms with Gasteiger partial charge in [-0.15, -0.1) is 0 Å². The molecule has 14 heavy (non-hydrogen) atoms. The average molecular weight is 196 g/mol. The minimum absolute atomic E-state index is 0.247. The number of rotatable bonds is 6. The van der Waals surface area contributed by atoms with E-state index >= 15 is 0 Å². The Morgan fingerprint density at radius 3 is 3.07 bits per heavy atom. The molecule has 1 unspecified atom stereocenters. The molecule has 1 aromatic heterocycles. The molecule has 0 bridgehead atoms. The Kier molecular flexibility index (Phi) is 4.19. The van der Waals surface area contributed by atoms with Crippen LogP contribution >= 0.6 is 0 Å². The molecular formula is C10H16N2O2. The summed E-state index contributed by atoms with van der Waals surface area (Å²) in [6, 6.07) is 2.17. The van der Waals surface area contributed by atoms with E-state index in [1.165, 1.54) is 0 Å². The number of hydrogen-bond donors (Lipinski definition) is 2. The lowest BCUT2D eigenvalue weighted by Crippen LogP contribution is -2.21. The van der Waals surface area contributed by atoms with E-state index in [-0.39, 0.29) is 11.9 Å². The fourth-order valence-electron chi connectivity index (χ4n) is 1.22. The van der Waals surface area contributed by atoms with Gasteiger partial charge in [0.15, 0.2) is 0 Å². The van der Waals surface area contributed by atoms with E-state index in [1.54, 1.807) is 12.5 Å². The van der Waals surface area contributed by atoms with E-state index < -0.39 is 0 Å². The molecule has 0 radical (unpaired) electrons. The van der Waals surface area contributed by atoms with Crippen molar-refractivity contribution in [3.8, 4) is 0 Å². The topological polar surface area (TPSA) is 68.3 Å². The molecule has 1 heterocycles. The van der Waals surface area contributed by atoms with Gasteiger partial charge in [-0.1, -0.05) is 0 Å². The molecular weight excluding hydrogens is 180 g/mol. The molecule has 0 aliphatic rings. The van der Waals surface area contributed by atoms with Crippen molar-refractivity contribution in [2.75, 3.05) is 6.54 Å². The molecule has 4 heteroatoms. The van der Waals surface area contributed by atoms with E-state index in [4.69, 9.17) is 10.2 Å². The van der Waals surface area contributed by atoms with Crippen molar-refractivity contribution in [1.82, 2.24) is 5.32 Å². The smallest absolute Gasteiger partial charge is 0.217 e. The van der Waals surface area contributed by atoms with Crippen LogP contribution in [0.4, 0.5) is 0 Å². The molecule has 0 spiro atoms. The molecule has 1 atom stereocenters. The van der Waals surface area contributed by atoms with Crippen LogP contribution in [-0.4, -0.2) is 12.5 Å². The van der Waals surface area contributed by atoms with Crippen LogP contribution in [0.1, 0.15) is 31.4 Å². The summed E-state index contributed by atoms with van der Waals surface area (Å²) < 4.78 is 4.97. The van der Waals surface area contributed by atoms with Gasteiger partial charge in [0.2, 0.25) is 5.91 Å². The average Bonchev–Trinajstić information content (AvgIpc) is 2.64. The van der Waals surface area contributed by atoms with Crippen LogP contribution in [0.2, 0.25) is 0 Å². The second kappa shape index (κ2) is 5.44. The number of carbonyl (C=O) groups is 1. The van der Waals surface area contributed by atoms with Crippen LogP contribution in [0, 0.1) is 0 Å². The van der Waals surface area contributed by atoms with Crippen LogP contribution in [0.25, 0.3) is 0 Å². The molecule has 0 aliphatic heterocycles. The minimum Gasteiger partial charge on any atom is -0.472 e. The number of furan rings is 1. The third kappa shape index (κ3) is 3.62. The zero-order chi connectivity index (χ0) is 10.4. The second-order valence-electron chi connectivity index (χ2n) is 3.30. The van der Waals surface area contributed by atoms with Crippen LogP contribution < -0.4 is 11.1 Å². The van der Waals surface area contributed by atoms with Crippen molar-refractivity contribution >= 4 is 5.91 Å². The van der Waals surface area contributed by atoms with Gasteiger partial charge in [0.25, 0.3) is 0 Å². The molecule has 0 fully saturated rings. The van der Waals surface area contributed by atoms with E-state index in [2.05, 4.69) is 12.2 Å². The molecule has 3 N–H and O–H groups in total. The standard InChI is InChI=1S/C10H16N2O2/c1-8(9-4-6-14-7-9)12-5-2-3-10(11)13/h4,6-8,12H,2-3,5H2,1H3,(H2,11,13). The number of amides is 1. The van der Waals surface area contributed by atoms with Gasteiger partial charge in [-0.2, -0.15) is 0 Å². The Bertz CT molecular complexity index is 270. The lowest BCUT2D eigenvalue weighted by molar-refractivity contribution is -0.118. The summed E-state index contributed by atoms with van der Waals surface area (Å²) >= 11 is 0. The van der Waals surface area contributed by atoms with Gasteiger partial charge in [0, 0.05) is 18.0 Å². The number of hydrogen-bond acceptors (Lipinski definition) is 3. The van der Waals surface area contributed by atoms with Crippen molar-refractivity contribution in [2.45, 2.75) is 25.8 Å². The molecule has 78 valence electrons. The quantitative estimate of drug-likeness (QED) is 0.672. The summed E-state index contributed by atoms with van der Waals surface area (Å²) in [5, 5.41) is 3.27. The number of primary amides is 1. The zero-order valence-electron chi connectivity index (χ0n) is 8.32. The van der Waals surface area contributed by atoms with Gasteiger partial charge >= 0.3 is 0 Å². The van der Waals surface area contributed by atoms with Crippen LogP contribution in [-0.2, 0) is 4.79 Å². The molecule has 0 aromatic carbocycles. The second-order valence-corrected chi connectivity index (χ2v) is 3.30. The summed E-state index contributed by atoms with van der Waals surface area (Å²) in [6.07, 6.45) is 4.57. The monoisotopic (exact) mass is 196 g/mol. The highest BCUT2D eigenvalue weighted by atomic mass is 16.3. The Labute approximate surface area is 83.5 Å². The number of nitrogens with two attached hydrogens (primary N) is 1. The lowest BCUT2D eigenvalue weighted by Gasteiger charge is -2.10. The van der Waals surface area contributed by atoms with E-state index in [1.807, 2.05) is 6.07 Å². The first kappa shape index (κ1) is 10.8. The Morgan fingerprint density at radius 1 is 1.71 bits per heavy atom. The number of nitrogens with one attached hydrogen (secondary N) is 1. The normalized spacial score (nSPS) is 12.6. The van der Waals surface area contributed by atoms with E-state index in [0.717, 1.165) is 18.5 Å². The molecule has 1 aromatic rings. The van der Waals surface area contributed by atoms with Crippen molar-refractivity contribution < 1.29 is 9.21 Å². The maximum Gasteiger partial charge on any atom is 0.217 e. The Hall–Kier alpha value is -1.29. The molecule has 0 saturated carbocycles. The largest absolute Gasteiger partial charge is 0.472 e. The van der Waals surface area contributed by atoms with Gasteiger partial charge in [-0.25, -0.2) is 0 Å². The van der Waals surface area contributed by atoms with Crippen molar-refractivity contribution in [3.05, 3.63) is 24.2 Å². The fraction of sp³-hybridized carbons (Fsp3) is 0.500. The van der Waals surface area contributed by atoms with Crippen molar-refractivity contribution in [2.24, 2.45) is 5.73 Å². The summed E-state index contributed by atoms with van der Waals surface area (Å²) in [5.74, 6) is -0.247. The molecule has 0 aliphatic carbocycles. The fourth-order valence-corrected chi connectivity index (χ4v) is 1.22. The molecule has 1 rings (SSSR count). The zero-order valence-corrected chi connectivity index (χ0v) is 8.32. The summed E-state index contributed by atoms with van der Waals surface area (Å²) in [6.45, 7) is 2.84. The van der Waals surface area contributed by atoms with Crippen molar-refractivity contribution in [3.63, 3.8) is 0 Å². The van der Waals surface area contributed by atoms with Gasteiger partial charge in [-0.3, -0.25) is 4.79 Å². The van der Waals surface area contributed by atoms with Gasteiger partial charge in [-0.05, 0) is 26.0 Å². The van der Waals surface area contributed by atoms with Gasteiger partial charge < -0.3 is 15.5 Å². The van der Waals surface area contributed by atoms with Crippen LogP contribution in [0.5, 0.6) is 0 Å². The molecule has 1 amide bonds. The van der Waals surface area contributed by atoms with Gasteiger partial charge in [0.05, 0.1) is 12.5 Å².